The number of aryl methyl sites for hydroxylation is 2. The molecule has 2 aromatic rings. The maximum absolute atomic E-state index is 14.0. The number of carbonyl (C=O) groups is 1. The number of nitrogens with one attached hydrogen (secondary N) is 1. The van der Waals surface area contributed by atoms with E-state index in [-0.39, 0.29) is 11.7 Å². The fourth-order valence-electron chi connectivity index (χ4n) is 2.96. The van der Waals surface area contributed by atoms with Gasteiger partial charge in [-0.25, -0.2) is 14.4 Å². The van der Waals surface area contributed by atoms with Crippen molar-refractivity contribution < 1.29 is 9.18 Å². The third kappa shape index (κ3) is 3.23. The molecule has 1 aliphatic carbocycles. The second kappa shape index (κ2) is 6.07. The summed E-state index contributed by atoms with van der Waals surface area (Å²) in [5, 5.41) is 2.91. The SMILES string of the molecule is Cc1cc(C)nc(CCNC(=O)C2(c3ccccc3F)CC2)n1. The van der Waals surface area contributed by atoms with Gasteiger partial charge in [0.1, 0.15) is 11.6 Å². The van der Waals surface area contributed by atoms with E-state index >= 15 is 0 Å². The Bertz CT molecular complexity index is 721. The van der Waals surface area contributed by atoms with Crippen molar-refractivity contribution in [3.05, 3.63) is 58.9 Å². The molecule has 0 aliphatic heterocycles. The van der Waals surface area contributed by atoms with Gasteiger partial charge in [0.05, 0.1) is 5.41 Å². The number of hydrogen-bond acceptors (Lipinski definition) is 3. The molecule has 0 radical (unpaired) electrons. The Morgan fingerprint density at radius 2 is 1.87 bits per heavy atom. The summed E-state index contributed by atoms with van der Waals surface area (Å²) in [6.07, 6.45) is 1.96. The fraction of sp³-hybridized carbons (Fsp3) is 0.389. The van der Waals surface area contributed by atoms with Crippen molar-refractivity contribution >= 4 is 5.91 Å². The van der Waals surface area contributed by atoms with Gasteiger partial charge in [0.2, 0.25) is 5.91 Å². The molecule has 23 heavy (non-hydrogen) atoms. The monoisotopic (exact) mass is 313 g/mol. The average molecular weight is 313 g/mol. The first kappa shape index (κ1) is 15.6. The molecule has 1 aromatic carbocycles. The van der Waals surface area contributed by atoms with Gasteiger partial charge < -0.3 is 5.32 Å². The Morgan fingerprint density at radius 3 is 2.48 bits per heavy atom. The van der Waals surface area contributed by atoms with Gasteiger partial charge in [0.15, 0.2) is 0 Å². The van der Waals surface area contributed by atoms with E-state index < -0.39 is 5.41 Å². The van der Waals surface area contributed by atoms with Crippen LogP contribution in [0.1, 0.15) is 35.6 Å². The minimum atomic E-state index is -0.686. The first-order valence-electron chi connectivity index (χ1n) is 7.86. The number of benzene rings is 1. The van der Waals surface area contributed by atoms with Crippen LogP contribution in [-0.2, 0) is 16.6 Å². The zero-order valence-electron chi connectivity index (χ0n) is 13.4. The summed E-state index contributed by atoms with van der Waals surface area (Å²) >= 11 is 0. The lowest BCUT2D eigenvalue weighted by atomic mass is 9.94. The van der Waals surface area contributed by atoms with Gasteiger partial charge in [-0.15, -0.1) is 0 Å². The molecule has 1 aliphatic rings. The van der Waals surface area contributed by atoms with E-state index in [9.17, 15) is 9.18 Å². The van der Waals surface area contributed by atoms with E-state index in [4.69, 9.17) is 0 Å². The second-order valence-electron chi connectivity index (χ2n) is 6.13. The molecule has 0 atom stereocenters. The quantitative estimate of drug-likeness (QED) is 0.923. The van der Waals surface area contributed by atoms with E-state index in [1.54, 1.807) is 18.2 Å². The van der Waals surface area contributed by atoms with E-state index in [0.717, 1.165) is 17.2 Å². The van der Waals surface area contributed by atoms with Crippen molar-refractivity contribution in [2.75, 3.05) is 6.54 Å². The van der Waals surface area contributed by atoms with Crippen LogP contribution in [0.15, 0.2) is 30.3 Å². The Labute approximate surface area is 135 Å². The van der Waals surface area contributed by atoms with Gasteiger partial charge in [0.25, 0.3) is 0 Å². The van der Waals surface area contributed by atoms with Crippen LogP contribution >= 0.6 is 0 Å². The van der Waals surface area contributed by atoms with E-state index in [1.807, 2.05) is 19.9 Å². The smallest absolute Gasteiger partial charge is 0.230 e. The first-order chi connectivity index (χ1) is 11.0. The minimum absolute atomic E-state index is 0.105. The van der Waals surface area contributed by atoms with Crippen molar-refractivity contribution in [3.63, 3.8) is 0 Å². The van der Waals surface area contributed by atoms with Crippen LogP contribution < -0.4 is 5.32 Å². The Kier molecular flexibility index (Phi) is 4.11. The Balaban J connectivity index is 1.63. The lowest BCUT2D eigenvalue weighted by molar-refractivity contribution is -0.123. The van der Waals surface area contributed by atoms with Crippen LogP contribution in [0.25, 0.3) is 0 Å². The molecule has 1 amide bonds. The van der Waals surface area contributed by atoms with E-state index in [0.29, 0.717) is 31.4 Å². The number of hydrogen-bond donors (Lipinski definition) is 1. The summed E-state index contributed by atoms with van der Waals surface area (Å²) in [7, 11) is 0. The van der Waals surface area contributed by atoms with Crippen molar-refractivity contribution in [1.82, 2.24) is 15.3 Å². The zero-order valence-corrected chi connectivity index (χ0v) is 13.4. The normalized spacial score (nSPS) is 15.3. The van der Waals surface area contributed by atoms with Crippen LogP contribution in [0.2, 0.25) is 0 Å². The van der Waals surface area contributed by atoms with E-state index in [1.165, 1.54) is 6.07 Å². The summed E-state index contributed by atoms with van der Waals surface area (Å²) < 4.78 is 14.0. The number of nitrogens with zero attached hydrogens (tertiary/aromatic N) is 2. The third-order valence-electron chi connectivity index (χ3n) is 4.24. The number of carbonyl (C=O) groups excluding carboxylic acids is 1. The highest BCUT2D eigenvalue weighted by molar-refractivity contribution is 5.91. The van der Waals surface area contributed by atoms with E-state index in [2.05, 4.69) is 15.3 Å². The third-order valence-corrected chi connectivity index (χ3v) is 4.24. The average Bonchev–Trinajstić information content (AvgIpc) is 3.28. The topological polar surface area (TPSA) is 54.9 Å². The van der Waals surface area contributed by atoms with Crippen molar-refractivity contribution in [2.24, 2.45) is 0 Å². The van der Waals surface area contributed by atoms with Crippen LogP contribution in [0, 0.1) is 19.7 Å². The van der Waals surface area contributed by atoms with Crippen LogP contribution in [-0.4, -0.2) is 22.4 Å². The zero-order chi connectivity index (χ0) is 16.4. The summed E-state index contributed by atoms with van der Waals surface area (Å²) in [4.78, 5) is 21.2. The molecule has 1 heterocycles. The van der Waals surface area contributed by atoms with Crippen LogP contribution in [0.3, 0.4) is 0 Å². The molecule has 0 spiro atoms. The fourth-order valence-corrected chi connectivity index (χ4v) is 2.96. The highest BCUT2D eigenvalue weighted by atomic mass is 19.1. The molecule has 0 saturated heterocycles. The highest BCUT2D eigenvalue weighted by Gasteiger charge is 2.52. The number of amides is 1. The maximum atomic E-state index is 14.0. The molecule has 4 nitrogen and oxygen atoms in total. The van der Waals surface area contributed by atoms with Gasteiger partial charge in [-0.2, -0.15) is 0 Å². The minimum Gasteiger partial charge on any atom is -0.355 e. The molecule has 0 bridgehead atoms. The Hall–Kier alpha value is -2.30. The van der Waals surface area contributed by atoms with Gasteiger partial charge in [-0.05, 0) is 38.8 Å². The summed E-state index contributed by atoms with van der Waals surface area (Å²) in [6, 6.07) is 8.44. The summed E-state index contributed by atoms with van der Waals surface area (Å²) in [5.74, 6) is 0.309. The van der Waals surface area contributed by atoms with Crippen molar-refractivity contribution in [1.29, 1.82) is 0 Å². The maximum Gasteiger partial charge on any atom is 0.230 e. The predicted octanol–water partition coefficient (Wildman–Crippen LogP) is 2.62. The van der Waals surface area contributed by atoms with Gasteiger partial charge >= 0.3 is 0 Å². The lowest BCUT2D eigenvalue weighted by Gasteiger charge is -2.16. The standard InChI is InChI=1S/C18H20FN3O/c1-12-11-13(2)22-16(21-12)7-10-20-17(23)18(8-9-18)14-5-3-4-6-15(14)19/h3-6,11H,7-10H2,1-2H3,(H,20,23). The van der Waals surface area contributed by atoms with Crippen LogP contribution in [0.4, 0.5) is 4.39 Å². The molecule has 1 N–H and O–H groups in total. The van der Waals surface area contributed by atoms with Gasteiger partial charge in [-0.3, -0.25) is 4.79 Å². The summed E-state index contributed by atoms with van der Waals surface area (Å²) in [5.41, 5.74) is 1.65. The molecule has 0 unspecified atom stereocenters. The molecular formula is C18H20FN3O. The van der Waals surface area contributed by atoms with Gasteiger partial charge in [-0.1, -0.05) is 18.2 Å². The molecule has 1 fully saturated rings. The van der Waals surface area contributed by atoms with Gasteiger partial charge in [0, 0.05) is 29.9 Å². The van der Waals surface area contributed by atoms with Crippen molar-refractivity contribution in [3.8, 4) is 0 Å². The first-order valence-corrected chi connectivity index (χ1v) is 7.86. The molecule has 5 heteroatoms. The molecule has 1 saturated carbocycles. The Morgan fingerprint density at radius 1 is 1.22 bits per heavy atom. The predicted molar refractivity (Wildman–Crippen MR) is 85.5 cm³/mol. The number of rotatable bonds is 5. The molecular weight excluding hydrogens is 293 g/mol. The molecule has 120 valence electrons. The second-order valence-corrected chi connectivity index (χ2v) is 6.13. The highest BCUT2D eigenvalue weighted by Crippen LogP contribution is 2.49. The molecule has 3 rings (SSSR count). The largest absolute Gasteiger partial charge is 0.355 e. The van der Waals surface area contributed by atoms with Crippen molar-refractivity contribution in [2.45, 2.75) is 38.5 Å². The van der Waals surface area contributed by atoms with Crippen LogP contribution in [0.5, 0.6) is 0 Å². The summed E-state index contributed by atoms with van der Waals surface area (Å²) in [6.45, 7) is 4.31. The lowest BCUT2D eigenvalue weighted by Crippen LogP contribution is -2.36. The number of halogens is 1. The number of aromatic nitrogens is 2. The molecule has 1 aromatic heterocycles.